The molecular formula is C14H16FNO4. The maximum atomic E-state index is 12.8. The van der Waals surface area contributed by atoms with Crippen molar-refractivity contribution in [2.45, 2.75) is 26.4 Å². The average Bonchev–Trinajstić information content (AvgIpc) is 2.37. The van der Waals surface area contributed by atoms with Gasteiger partial charge in [-0.15, -0.1) is 0 Å². The maximum absolute atomic E-state index is 12.8. The molecule has 1 rings (SSSR count). The molecule has 1 aromatic carbocycles. The highest BCUT2D eigenvalue weighted by atomic mass is 19.1. The molecule has 2 N–H and O–H groups in total. The van der Waals surface area contributed by atoms with E-state index in [1.807, 2.05) is 0 Å². The molecule has 0 fully saturated rings. The summed E-state index contributed by atoms with van der Waals surface area (Å²) in [6.07, 6.45) is 0.659. The fourth-order valence-electron chi connectivity index (χ4n) is 1.56. The van der Waals surface area contributed by atoms with E-state index in [4.69, 9.17) is 10.2 Å². The monoisotopic (exact) mass is 281 g/mol. The lowest BCUT2D eigenvalue weighted by Gasteiger charge is -2.25. The molecule has 108 valence electrons. The lowest BCUT2D eigenvalue weighted by atomic mass is 10.2. The quantitative estimate of drug-likeness (QED) is 0.640. The van der Waals surface area contributed by atoms with E-state index in [1.165, 1.54) is 17.0 Å². The molecule has 0 atom stereocenters. The van der Waals surface area contributed by atoms with Gasteiger partial charge in [0, 0.05) is 12.6 Å². The van der Waals surface area contributed by atoms with Gasteiger partial charge in [-0.2, -0.15) is 0 Å². The zero-order valence-corrected chi connectivity index (χ0v) is 11.2. The molecule has 0 saturated carbocycles. The van der Waals surface area contributed by atoms with Crippen LogP contribution < -0.4 is 0 Å². The van der Waals surface area contributed by atoms with E-state index in [-0.39, 0.29) is 18.4 Å². The summed E-state index contributed by atoms with van der Waals surface area (Å²) >= 11 is 0. The van der Waals surface area contributed by atoms with Gasteiger partial charge in [0.2, 0.25) is 5.76 Å². The molecule has 0 heterocycles. The maximum Gasteiger partial charge on any atom is 0.371 e. The number of carbonyl (C=O) groups excluding carboxylic acids is 1. The van der Waals surface area contributed by atoms with Crippen LogP contribution in [0.2, 0.25) is 0 Å². The summed E-state index contributed by atoms with van der Waals surface area (Å²) in [7, 11) is 0. The third-order valence-electron chi connectivity index (χ3n) is 2.65. The van der Waals surface area contributed by atoms with Crippen molar-refractivity contribution in [1.82, 2.24) is 4.90 Å². The van der Waals surface area contributed by atoms with Gasteiger partial charge in [0.1, 0.15) is 5.82 Å². The fourth-order valence-corrected chi connectivity index (χ4v) is 1.56. The van der Waals surface area contributed by atoms with Crippen molar-refractivity contribution in [1.29, 1.82) is 0 Å². The zero-order valence-electron chi connectivity index (χ0n) is 11.2. The van der Waals surface area contributed by atoms with E-state index in [2.05, 4.69) is 0 Å². The SMILES string of the molecule is CC(C)N(Cc1ccc(F)cc1)C(=O)C=C(O)C(=O)O. The predicted molar refractivity (Wildman–Crippen MR) is 70.4 cm³/mol. The number of hydrogen-bond donors (Lipinski definition) is 2. The first-order valence-corrected chi connectivity index (χ1v) is 6.00. The van der Waals surface area contributed by atoms with Gasteiger partial charge >= 0.3 is 5.97 Å². The first kappa shape index (κ1) is 15.7. The molecule has 0 aromatic heterocycles. The molecular weight excluding hydrogens is 265 g/mol. The smallest absolute Gasteiger partial charge is 0.371 e. The summed E-state index contributed by atoms with van der Waals surface area (Å²) < 4.78 is 12.8. The molecule has 1 aromatic rings. The average molecular weight is 281 g/mol. The summed E-state index contributed by atoms with van der Waals surface area (Å²) in [6.45, 7) is 3.71. The van der Waals surface area contributed by atoms with E-state index < -0.39 is 17.6 Å². The Bertz CT molecular complexity index is 522. The molecule has 0 saturated heterocycles. The summed E-state index contributed by atoms with van der Waals surface area (Å²) in [6, 6.07) is 5.44. The molecule has 0 aliphatic carbocycles. The highest BCUT2D eigenvalue weighted by molar-refractivity contribution is 5.96. The minimum absolute atomic E-state index is 0.195. The van der Waals surface area contributed by atoms with Gasteiger partial charge in [-0.3, -0.25) is 4.79 Å². The molecule has 0 unspecified atom stereocenters. The molecule has 0 aliphatic heterocycles. The van der Waals surface area contributed by atoms with E-state index in [0.717, 1.165) is 0 Å². The number of hydrogen-bond acceptors (Lipinski definition) is 3. The largest absolute Gasteiger partial charge is 0.502 e. The van der Waals surface area contributed by atoms with Crippen LogP contribution in [0.25, 0.3) is 0 Å². The Balaban J connectivity index is 2.89. The van der Waals surface area contributed by atoms with Crippen LogP contribution in [0.3, 0.4) is 0 Å². The van der Waals surface area contributed by atoms with Crippen LogP contribution in [-0.2, 0) is 16.1 Å². The number of carboxylic acids is 1. The Morgan fingerprint density at radius 2 is 1.80 bits per heavy atom. The molecule has 5 nitrogen and oxygen atoms in total. The molecule has 0 aliphatic rings. The van der Waals surface area contributed by atoms with Crippen molar-refractivity contribution in [3.63, 3.8) is 0 Å². The van der Waals surface area contributed by atoms with E-state index >= 15 is 0 Å². The van der Waals surface area contributed by atoms with Crippen molar-refractivity contribution in [3.05, 3.63) is 47.5 Å². The minimum atomic E-state index is -1.57. The lowest BCUT2D eigenvalue weighted by Crippen LogP contribution is -2.35. The van der Waals surface area contributed by atoms with Crippen LogP contribution in [0, 0.1) is 5.82 Å². The summed E-state index contributed by atoms with van der Waals surface area (Å²) in [4.78, 5) is 23.8. The first-order valence-electron chi connectivity index (χ1n) is 6.00. The van der Waals surface area contributed by atoms with E-state index in [9.17, 15) is 14.0 Å². The van der Waals surface area contributed by atoms with Crippen molar-refractivity contribution in [3.8, 4) is 0 Å². The first-order chi connectivity index (χ1) is 9.31. The highest BCUT2D eigenvalue weighted by Gasteiger charge is 2.18. The number of aliphatic hydroxyl groups excluding tert-OH is 1. The number of carbonyl (C=O) groups is 2. The van der Waals surface area contributed by atoms with Gasteiger partial charge in [0.15, 0.2) is 0 Å². The number of aliphatic hydroxyl groups is 1. The topological polar surface area (TPSA) is 77.8 Å². The van der Waals surface area contributed by atoms with Gasteiger partial charge in [0.05, 0.1) is 6.08 Å². The Morgan fingerprint density at radius 3 is 2.25 bits per heavy atom. The number of halogens is 1. The van der Waals surface area contributed by atoms with Crippen LogP contribution in [-0.4, -0.2) is 33.0 Å². The number of nitrogens with zero attached hydrogens (tertiary/aromatic N) is 1. The van der Waals surface area contributed by atoms with Crippen LogP contribution in [0.15, 0.2) is 36.1 Å². The molecule has 6 heteroatoms. The van der Waals surface area contributed by atoms with Crippen LogP contribution >= 0.6 is 0 Å². The second-order valence-corrected chi connectivity index (χ2v) is 4.52. The standard InChI is InChI=1S/C14H16FNO4/c1-9(2)16(13(18)7-12(17)14(19)20)8-10-3-5-11(15)6-4-10/h3-7,9,17H,8H2,1-2H3,(H,19,20). The number of aliphatic carboxylic acids is 1. The molecule has 0 bridgehead atoms. The number of carboxylic acid groups (broad SMARTS) is 1. The van der Waals surface area contributed by atoms with Crippen LogP contribution in [0.5, 0.6) is 0 Å². The van der Waals surface area contributed by atoms with E-state index in [1.54, 1.807) is 26.0 Å². The molecule has 1 amide bonds. The zero-order chi connectivity index (χ0) is 15.3. The van der Waals surface area contributed by atoms with E-state index in [0.29, 0.717) is 11.6 Å². The number of rotatable bonds is 5. The Hall–Kier alpha value is -2.37. The van der Waals surface area contributed by atoms with Crippen molar-refractivity contribution in [2.24, 2.45) is 0 Å². The van der Waals surface area contributed by atoms with Crippen molar-refractivity contribution >= 4 is 11.9 Å². The Kier molecular flexibility index (Phi) is 5.25. The van der Waals surface area contributed by atoms with Crippen molar-refractivity contribution < 1.29 is 24.2 Å². The highest BCUT2D eigenvalue weighted by Crippen LogP contribution is 2.11. The normalized spacial score (nSPS) is 11.5. The minimum Gasteiger partial charge on any atom is -0.502 e. The lowest BCUT2D eigenvalue weighted by molar-refractivity contribution is -0.136. The second-order valence-electron chi connectivity index (χ2n) is 4.52. The van der Waals surface area contributed by atoms with Gasteiger partial charge in [0.25, 0.3) is 5.91 Å². The molecule has 0 spiro atoms. The van der Waals surface area contributed by atoms with Gasteiger partial charge < -0.3 is 15.1 Å². The van der Waals surface area contributed by atoms with Gasteiger partial charge in [-0.05, 0) is 31.5 Å². The van der Waals surface area contributed by atoms with Crippen LogP contribution in [0.4, 0.5) is 4.39 Å². The van der Waals surface area contributed by atoms with Crippen LogP contribution in [0.1, 0.15) is 19.4 Å². The summed E-state index contributed by atoms with van der Waals surface area (Å²) in [5, 5.41) is 17.6. The molecule has 0 radical (unpaired) electrons. The Labute approximate surface area is 115 Å². The summed E-state index contributed by atoms with van der Waals surface area (Å²) in [5.41, 5.74) is 0.705. The Morgan fingerprint density at radius 1 is 1.25 bits per heavy atom. The number of amides is 1. The number of benzene rings is 1. The third-order valence-corrected chi connectivity index (χ3v) is 2.65. The van der Waals surface area contributed by atoms with Gasteiger partial charge in [-0.1, -0.05) is 12.1 Å². The van der Waals surface area contributed by atoms with Crippen molar-refractivity contribution in [2.75, 3.05) is 0 Å². The molecule has 20 heavy (non-hydrogen) atoms. The summed E-state index contributed by atoms with van der Waals surface area (Å²) in [5.74, 6) is -3.58. The second kappa shape index (κ2) is 6.70. The predicted octanol–water partition coefficient (Wildman–Crippen LogP) is 2.09. The fraction of sp³-hybridized carbons (Fsp3) is 0.286. The third kappa shape index (κ3) is 4.38. The van der Waals surface area contributed by atoms with Gasteiger partial charge in [-0.25, -0.2) is 9.18 Å².